The third-order valence-electron chi connectivity index (χ3n) is 3.94. The molecule has 1 aromatic rings. The zero-order valence-corrected chi connectivity index (χ0v) is 15.3. The second-order valence-electron chi connectivity index (χ2n) is 5.97. The van der Waals surface area contributed by atoms with Crippen LogP contribution in [0.25, 0.3) is 0 Å². The topological polar surface area (TPSA) is 64.6 Å². The molecule has 24 heavy (non-hydrogen) atoms. The molecule has 0 aromatic heterocycles. The van der Waals surface area contributed by atoms with Crippen molar-refractivity contribution in [1.29, 1.82) is 0 Å². The van der Waals surface area contributed by atoms with Crippen LogP contribution in [0.1, 0.15) is 44.9 Å². The summed E-state index contributed by atoms with van der Waals surface area (Å²) in [6.07, 6.45) is 6.39. The maximum Gasteiger partial charge on any atom is 0.306 e. The zero-order valence-electron chi connectivity index (χ0n) is 13.8. The van der Waals surface area contributed by atoms with Crippen molar-refractivity contribution in [3.05, 3.63) is 28.7 Å². The van der Waals surface area contributed by atoms with E-state index in [1.54, 1.807) is 0 Å². The summed E-state index contributed by atoms with van der Waals surface area (Å²) in [5.74, 6) is 0.188. The number of hydrogen-bond donors (Lipinski definition) is 1. The minimum atomic E-state index is -0.367. The molecular weight excluding hydrogens is 374 g/mol. The lowest BCUT2D eigenvalue weighted by molar-refractivity contribution is -0.149. The Morgan fingerprint density at radius 3 is 2.54 bits per heavy atom. The molecule has 0 atom stereocenters. The quantitative estimate of drug-likeness (QED) is 0.537. The van der Waals surface area contributed by atoms with Gasteiger partial charge in [0.25, 0.3) is 5.91 Å². The molecule has 1 amide bonds. The molecule has 0 aliphatic heterocycles. The van der Waals surface area contributed by atoms with Crippen LogP contribution >= 0.6 is 15.9 Å². The number of nitrogens with one attached hydrogen (secondary N) is 1. The fraction of sp³-hybridized carbons (Fsp3) is 0.556. The molecule has 1 saturated carbocycles. The molecule has 0 heterocycles. The van der Waals surface area contributed by atoms with Crippen molar-refractivity contribution in [3.63, 3.8) is 0 Å². The number of esters is 1. The van der Waals surface area contributed by atoms with Crippen molar-refractivity contribution < 1.29 is 19.1 Å². The van der Waals surface area contributed by atoms with E-state index in [2.05, 4.69) is 21.2 Å². The van der Waals surface area contributed by atoms with Crippen molar-refractivity contribution in [2.45, 2.75) is 51.0 Å². The third-order valence-corrected chi connectivity index (χ3v) is 4.47. The summed E-state index contributed by atoms with van der Waals surface area (Å²) in [5.41, 5.74) is 0. The van der Waals surface area contributed by atoms with E-state index in [4.69, 9.17) is 9.47 Å². The van der Waals surface area contributed by atoms with Gasteiger partial charge in [0.2, 0.25) is 0 Å². The first-order valence-corrected chi connectivity index (χ1v) is 9.26. The smallest absolute Gasteiger partial charge is 0.306 e. The Morgan fingerprint density at radius 1 is 1.12 bits per heavy atom. The SMILES string of the molecule is O=C(COC(=O)CCCOc1ccc(Br)cc1)NC1CCCCC1. The van der Waals surface area contributed by atoms with E-state index in [9.17, 15) is 9.59 Å². The first-order chi connectivity index (χ1) is 11.6. The average Bonchev–Trinajstić information content (AvgIpc) is 2.59. The Balaban J connectivity index is 1.52. The summed E-state index contributed by atoms with van der Waals surface area (Å²) in [6, 6.07) is 7.75. The normalized spacial score (nSPS) is 14.9. The molecule has 2 rings (SSSR count). The summed E-state index contributed by atoms with van der Waals surface area (Å²) in [4.78, 5) is 23.4. The van der Waals surface area contributed by atoms with Gasteiger partial charge >= 0.3 is 5.97 Å². The molecule has 0 bridgehead atoms. The predicted octanol–water partition coefficient (Wildman–Crippen LogP) is 3.60. The molecule has 5 nitrogen and oxygen atoms in total. The number of amides is 1. The molecule has 6 heteroatoms. The fourth-order valence-electron chi connectivity index (χ4n) is 2.67. The molecule has 0 spiro atoms. The van der Waals surface area contributed by atoms with E-state index >= 15 is 0 Å². The second kappa shape index (κ2) is 10.3. The number of benzene rings is 1. The molecule has 0 unspecified atom stereocenters. The van der Waals surface area contributed by atoms with E-state index in [1.807, 2.05) is 24.3 Å². The van der Waals surface area contributed by atoms with Crippen LogP contribution in [0.3, 0.4) is 0 Å². The standard InChI is InChI=1S/C18H24BrNO4/c19-14-8-10-16(11-9-14)23-12-4-7-18(22)24-13-17(21)20-15-5-2-1-3-6-15/h8-11,15H,1-7,12-13H2,(H,20,21). The van der Waals surface area contributed by atoms with E-state index in [0.717, 1.165) is 35.9 Å². The summed E-state index contributed by atoms with van der Waals surface area (Å²) in [5, 5.41) is 2.92. The van der Waals surface area contributed by atoms with Crippen molar-refractivity contribution in [2.75, 3.05) is 13.2 Å². The van der Waals surface area contributed by atoms with E-state index in [0.29, 0.717) is 13.0 Å². The Bertz CT molecular complexity index is 526. The highest BCUT2D eigenvalue weighted by Crippen LogP contribution is 2.17. The van der Waals surface area contributed by atoms with Crippen LogP contribution in [0.4, 0.5) is 0 Å². The van der Waals surface area contributed by atoms with Gasteiger partial charge in [-0.3, -0.25) is 9.59 Å². The van der Waals surface area contributed by atoms with Gasteiger partial charge in [-0.15, -0.1) is 0 Å². The molecule has 1 aromatic carbocycles. The van der Waals surface area contributed by atoms with Crippen molar-refractivity contribution in [3.8, 4) is 5.75 Å². The highest BCUT2D eigenvalue weighted by molar-refractivity contribution is 9.10. The maximum atomic E-state index is 11.7. The molecule has 0 saturated heterocycles. The highest BCUT2D eigenvalue weighted by atomic mass is 79.9. The van der Waals surface area contributed by atoms with Gasteiger partial charge in [-0.2, -0.15) is 0 Å². The summed E-state index contributed by atoms with van der Waals surface area (Å²) >= 11 is 3.36. The minimum Gasteiger partial charge on any atom is -0.494 e. The molecule has 132 valence electrons. The number of carbonyl (C=O) groups is 2. The Hall–Kier alpha value is -1.56. The predicted molar refractivity (Wildman–Crippen MR) is 94.8 cm³/mol. The van der Waals surface area contributed by atoms with E-state index in [-0.39, 0.29) is 30.9 Å². The van der Waals surface area contributed by atoms with Crippen LogP contribution in [0.2, 0.25) is 0 Å². The summed E-state index contributed by atoms with van der Waals surface area (Å²) in [7, 11) is 0. The summed E-state index contributed by atoms with van der Waals surface area (Å²) in [6.45, 7) is 0.244. The van der Waals surface area contributed by atoms with Crippen LogP contribution < -0.4 is 10.1 Å². The number of carbonyl (C=O) groups excluding carboxylic acids is 2. The third kappa shape index (κ3) is 7.34. The largest absolute Gasteiger partial charge is 0.494 e. The van der Waals surface area contributed by atoms with Crippen molar-refractivity contribution >= 4 is 27.8 Å². The molecular formula is C18H24BrNO4. The van der Waals surface area contributed by atoms with Crippen LogP contribution in [0.15, 0.2) is 28.7 Å². The Kier molecular flexibility index (Phi) is 8.08. The number of hydrogen-bond acceptors (Lipinski definition) is 4. The number of rotatable bonds is 8. The van der Waals surface area contributed by atoms with Crippen LogP contribution in [-0.4, -0.2) is 31.1 Å². The minimum absolute atomic E-state index is 0.192. The first-order valence-electron chi connectivity index (χ1n) is 8.47. The van der Waals surface area contributed by atoms with Gasteiger partial charge in [-0.25, -0.2) is 0 Å². The number of ether oxygens (including phenoxy) is 2. The molecule has 1 aliphatic carbocycles. The highest BCUT2D eigenvalue weighted by Gasteiger charge is 2.16. The van der Waals surface area contributed by atoms with Crippen molar-refractivity contribution in [2.24, 2.45) is 0 Å². The lowest BCUT2D eigenvalue weighted by atomic mass is 9.95. The van der Waals surface area contributed by atoms with Crippen molar-refractivity contribution in [1.82, 2.24) is 5.32 Å². The molecule has 1 fully saturated rings. The summed E-state index contributed by atoms with van der Waals surface area (Å²) < 4.78 is 11.5. The van der Waals surface area contributed by atoms with Gasteiger partial charge in [-0.1, -0.05) is 35.2 Å². The Labute approximate surface area is 151 Å². The van der Waals surface area contributed by atoms with Gasteiger partial charge < -0.3 is 14.8 Å². The van der Waals surface area contributed by atoms with Gasteiger partial charge in [0.05, 0.1) is 6.61 Å². The average molecular weight is 398 g/mol. The monoisotopic (exact) mass is 397 g/mol. The lowest BCUT2D eigenvalue weighted by Crippen LogP contribution is -2.38. The van der Waals surface area contributed by atoms with E-state index in [1.165, 1.54) is 6.42 Å². The second-order valence-corrected chi connectivity index (χ2v) is 6.88. The maximum absolute atomic E-state index is 11.7. The fourth-order valence-corrected chi connectivity index (χ4v) is 2.94. The van der Waals surface area contributed by atoms with Gasteiger partial charge in [-0.05, 0) is 43.5 Å². The Morgan fingerprint density at radius 2 is 1.83 bits per heavy atom. The molecule has 1 aliphatic rings. The molecule has 0 radical (unpaired) electrons. The van der Waals surface area contributed by atoms with E-state index < -0.39 is 0 Å². The number of halogens is 1. The van der Waals surface area contributed by atoms with Crippen LogP contribution in [-0.2, 0) is 14.3 Å². The van der Waals surface area contributed by atoms with Gasteiger partial charge in [0, 0.05) is 16.9 Å². The van der Waals surface area contributed by atoms with Crippen LogP contribution in [0, 0.1) is 0 Å². The first kappa shape index (κ1) is 18.8. The lowest BCUT2D eigenvalue weighted by Gasteiger charge is -2.22. The van der Waals surface area contributed by atoms with Gasteiger partial charge in [0.15, 0.2) is 6.61 Å². The molecule has 1 N–H and O–H groups in total. The van der Waals surface area contributed by atoms with Crippen LogP contribution in [0.5, 0.6) is 5.75 Å². The zero-order chi connectivity index (χ0) is 17.2. The van der Waals surface area contributed by atoms with Gasteiger partial charge in [0.1, 0.15) is 5.75 Å².